The van der Waals surface area contributed by atoms with Gasteiger partial charge >= 0.3 is 12.0 Å². The van der Waals surface area contributed by atoms with E-state index < -0.39 is 17.7 Å². The van der Waals surface area contributed by atoms with Gasteiger partial charge in [-0.1, -0.05) is 13.3 Å². The molecule has 0 spiro atoms. The molecule has 0 aliphatic heterocycles. The highest BCUT2D eigenvalue weighted by Gasteiger charge is 2.33. The van der Waals surface area contributed by atoms with E-state index in [9.17, 15) is 9.59 Å². The van der Waals surface area contributed by atoms with Crippen LogP contribution in [0.15, 0.2) is 0 Å². The molecule has 0 aromatic rings. The van der Waals surface area contributed by atoms with Crippen molar-refractivity contribution in [3.8, 4) is 0 Å². The standard InChI is InChI=1S/C6H13N3O3/c1-2-3-6(8,4(10)11)9-5(7)12/h2-3,8H2,1H3,(H,10,11)(H3,7,9,12). The third-order valence-corrected chi connectivity index (χ3v) is 1.37. The zero-order valence-corrected chi connectivity index (χ0v) is 6.83. The summed E-state index contributed by atoms with van der Waals surface area (Å²) >= 11 is 0. The van der Waals surface area contributed by atoms with Crippen LogP contribution in [0, 0.1) is 0 Å². The highest BCUT2D eigenvalue weighted by Crippen LogP contribution is 2.05. The summed E-state index contributed by atoms with van der Waals surface area (Å²) in [7, 11) is 0. The Bertz CT molecular complexity index is 194. The quantitative estimate of drug-likeness (QED) is 0.418. The third kappa shape index (κ3) is 2.75. The Morgan fingerprint density at radius 2 is 2.08 bits per heavy atom. The molecule has 1 atom stereocenters. The average molecular weight is 175 g/mol. The number of carboxylic acids is 1. The minimum Gasteiger partial charge on any atom is -0.478 e. The number of aliphatic carboxylic acids is 1. The van der Waals surface area contributed by atoms with Crippen molar-refractivity contribution in [2.45, 2.75) is 25.4 Å². The molecule has 0 saturated heterocycles. The fourth-order valence-electron chi connectivity index (χ4n) is 0.837. The lowest BCUT2D eigenvalue weighted by atomic mass is 10.1. The molecule has 6 nitrogen and oxygen atoms in total. The molecular weight excluding hydrogens is 162 g/mol. The van der Waals surface area contributed by atoms with Crippen LogP contribution in [0.1, 0.15) is 19.8 Å². The van der Waals surface area contributed by atoms with Crippen molar-refractivity contribution in [1.82, 2.24) is 5.32 Å². The predicted molar refractivity (Wildman–Crippen MR) is 42.2 cm³/mol. The molecule has 0 radical (unpaired) electrons. The first-order valence-corrected chi connectivity index (χ1v) is 3.52. The molecule has 1 unspecified atom stereocenters. The summed E-state index contributed by atoms with van der Waals surface area (Å²) in [5, 5.41) is 10.6. The molecule has 0 aromatic heterocycles. The largest absolute Gasteiger partial charge is 0.478 e. The normalized spacial score (nSPS) is 14.8. The number of hydrogen-bond donors (Lipinski definition) is 4. The minimum atomic E-state index is -1.74. The fraction of sp³-hybridized carbons (Fsp3) is 0.667. The van der Waals surface area contributed by atoms with Crippen LogP contribution < -0.4 is 16.8 Å². The first-order valence-electron chi connectivity index (χ1n) is 3.52. The Morgan fingerprint density at radius 3 is 2.33 bits per heavy atom. The van der Waals surface area contributed by atoms with Gasteiger partial charge in [0, 0.05) is 0 Å². The van der Waals surface area contributed by atoms with Gasteiger partial charge < -0.3 is 16.2 Å². The highest BCUT2D eigenvalue weighted by atomic mass is 16.4. The van der Waals surface area contributed by atoms with E-state index >= 15 is 0 Å². The number of nitrogens with two attached hydrogens (primary N) is 2. The Balaban J connectivity index is 4.38. The van der Waals surface area contributed by atoms with Crippen molar-refractivity contribution in [2.75, 3.05) is 0 Å². The van der Waals surface area contributed by atoms with E-state index in [4.69, 9.17) is 16.6 Å². The topological polar surface area (TPSA) is 118 Å². The van der Waals surface area contributed by atoms with Crippen molar-refractivity contribution in [1.29, 1.82) is 0 Å². The third-order valence-electron chi connectivity index (χ3n) is 1.37. The van der Waals surface area contributed by atoms with Crippen molar-refractivity contribution in [3.63, 3.8) is 0 Å². The SMILES string of the molecule is CCCC(N)(NC(N)=O)C(=O)O. The fourth-order valence-corrected chi connectivity index (χ4v) is 0.837. The molecule has 0 bridgehead atoms. The Labute approximate surface area is 69.9 Å². The Morgan fingerprint density at radius 1 is 1.58 bits per heavy atom. The first kappa shape index (κ1) is 10.7. The van der Waals surface area contributed by atoms with Crippen molar-refractivity contribution in [3.05, 3.63) is 0 Å². The molecule has 0 aromatic carbocycles. The summed E-state index contributed by atoms with van der Waals surface area (Å²) in [6.07, 6.45) is 0.689. The van der Waals surface area contributed by atoms with Gasteiger partial charge in [0.05, 0.1) is 0 Å². The molecule has 6 heteroatoms. The van der Waals surface area contributed by atoms with Gasteiger partial charge in [-0.3, -0.25) is 5.73 Å². The van der Waals surface area contributed by atoms with Crippen LogP contribution in [0.3, 0.4) is 0 Å². The van der Waals surface area contributed by atoms with Crippen LogP contribution in [0.4, 0.5) is 4.79 Å². The molecule has 0 aliphatic carbocycles. The van der Waals surface area contributed by atoms with Crippen LogP contribution in [0.25, 0.3) is 0 Å². The van der Waals surface area contributed by atoms with E-state index in [0.717, 1.165) is 0 Å². The summed E-state index contributed by atoms with van der Waals surface area (Å²) < 4.78 is 0. The minimum absolute atomic E-state index is 0.144. The number of carboxylic acid groups (broad SMARTS) is 1. The maximum atomic E-state index is 10.6. The smallest absolute Gasteiger partial charge is 0.344 e. The van der Waals surface area contributed by atoms with Crippen molar-refractivity contribution < 1.29 is 14.7 Å². The van der Waals surface area contributed by atoms with Crippen LogP contribution in [0.5, 0.6) is 0 Å². The maximum absolute atomic E-state index is 10.6. The van der Waals surface area contributed by atoms with E-state index in [1.165, 1.54) is 0 Å². The number of primary amides is 1. The predicted octanol–water partition coefficient (Wildman–Crippen LogP) is -0.806. The number of rotatable bonds is 4. The molecule has 2 amide bonds. The Kier molecular flexibility index (Phi) is 3.49. The summed E-state index contributed by atoms with van der Waals surface area (Å²) in [6.45, 7) is 1.76. The van der Waals surface area contributed by atoms with E-state index in [0.29, 0.717) is 6.42 Å². The highest BCUT2D eigenvalue weighted by molar-refractivity contribution is 5.84. The van der Waals surface area contributed by atoms with Gasteiger partial charge in [-0.25, -0.2) is 9.59 Å². The number of amides is 2. The van der Waals surface area contributed by atoms with Gasteiger partial charge in [0.2, 0.25) is 0 Å². The first-order chi connectivity index (χ1) is 5.42. The summed E-state index contributed by atoms with van der Waals surface area (Å²) in [6, 6.07) is -0.937. The molecule has 12 heavy (non-hydrogen) atoms. The zero-order valence-electron chi connectivity index (χ0n) is 6.83. The lowest BCUT2D eigenvalue weighted by Crippen LogP contribution is -2.62. The number of urea groups is 1. The van der Waals surface area contributed by atoms with Gasteiger partial charge in [-0.15, -0.1) is 0 Å². The van der Waals surface area contributed by atoms with Gasteiger partial charge in [0.15, 0.2) is 5.66 Å². The number of hydrogen-bond acceptors (Lipinski definition) is 3. The second-order valence-corrected chi connectivity index (χ2v) is 2.52. The van der Waals surface area contributed by atoms with Gasteiger partial charge in [-0.2, -0.15) is 0 Å². The van der Waals surface area contributed by atoms with Crippen LogP contribution >= 0.6 is 0 Å². The molecule has 0 heterocycles. The van der Waals surface area contributed by atoms with Crippen molar-refractivity contribution in [2.24, 2.45) is 11.5 Å². The lowest BCUT2D eigenvalue weighted by Gasteiger charge is -2.23. The monoisotopic (exact) mass is 175 g/mol. The van der Waals surface area contributed by atoms with E-state index in [2.05, 4.69) is 0 Å². The average Bonchev–Trinajstić information content (AvgIpc) is 1.85. The van der Waals surface area contributed by atoms with Gasteiger partial charge in [0.25, 0.3) is 0 Å². The van der Waals surface area contributed by atoms with Gasteiger partial charge in [-0.05, 0) is 6.42 Å². The maximum Gasteiger partial charge on any atom is 0.344 e. The molecule has 0 saturated carbocycles. The molecule has 0 rings (SSSR count). The lowest BCUT2D eigenvalue weighted by molar-refractivity contribution is -0.144. The van der Waals surface area contributed by atoms with E-state index in [-0.39, 0.29) is 6.42 Å². The van der Waals surface area contributed by atoms with Crippen LogP contribution in [0.2, 0.25) is 0 Å². The molecular formula is C6H13N3O3. The number of carbonyl (C=O) groups excluding carboxylic acids is 1. The molecule has 0 fully saturated rings. The van der Waals surface area contributed by atoms with Crippen molar-refractivity contribution >= 4 is 12.0 Å². The number of nitrogens with one attached hydrogen (secondary N) is 1. The Hall–Kier alpha value is -1.30. The van der Waals surface area contributed by atoms with Crippen LogP contribution in [-0.4, -0.2) is 22.8 Å². The summed E-state index contributed by atoms with van der Waals surface area (Å²) in [5.41, 5.74) is 8.36. The number of carbonyl (C=O) groups is 2. The summed E-state index contributed by atoms with van der Waals surface area (Å²) in [4.78, 5) is 20.9. The molecule has 0 aliphatic rings. The van der Waals surface area contributed by atoms with E-state index in [1.54, 1.807) is 6.92 Å². The van der Waals surface area contributed by atoms with E-state index in [1.807, 2.05) is 5.32 Å². The summed E-state index contributed by atoms with van der Waals surface area (Å²) in [5.74, 6) is -1.29. The molecule has 6 N–H and O–H groups in total. The van der Waals surface area contributed by atoms with Gasteiger partial charge in [0.1, 0.15) is 0 Å². The second-order valence-electron chi connectivity index (χ2n) is 2.52. The zero-order chi connectivity index (χ0) is 9.78. The molecule has 70 valence electrons. The second kappa shape index (κ2) is 3.91. The van der Waals surface area contributed by atoms with Crippen LogP contribution in [-0.2, 0) is 4.79 Å².